The molecule has 1 fully saturated rings. The maximum atomic E-state index is 5.41. The number of hydrogen-bond acceptors (Lipinski definition) is 3. The number of methoxy groups -OCH3 is 2. The molecule has 0 heterocycles. The van der Waals surface area contributed by atoms with E-state index in [1.807, 2.05) is 12.1 Å². The molecule has 1 aliphatic carbocycles. The summed E-state index contributed by atoms with van der Waals surface area (Å²) in [6.45, 7) is 5.53. The van der Waals surface area contributed by atoms with Crippen LogP contribution in [0.5, 0.6) is 11.5 Å². The van der Waals surface area contributed by atoms with Gasteiger partial charge in [0.15, 0.2) is 0 Å². The van der Waals surface area contributed by atoms with Crippen molar-refractivity contribution < 1.29 is 9.47 Å². The molecule has 0 aromatic heterocycles. The molecule has 1 aromatic carbocycles. The molecule has 1 aliphatic rings. The van der Waals surface area contributed by atoms with Crippen LogP contribution in [0.3, 0.4) is 0 Å². The highest BCUT2D eigenvalue weighted by molar-refractivity contribution is 5.40. The third-order valence-electron chi connectivity index (χ3n) is 4.51. The van der Waals surface area contributed by atoms with Crippen LogP contribution in [0.2, 0.25) is 0 Å². The quantitative estimate of drug-likeness (QED) is 0.884. The Morgan fingerprint density at radius 1 is 1.16 bits per heavy atom. The molecule has 19 heavy (non-hydrogen) atoms. The fourth-order valence-corrected chi connectivity index (χ4v) is 2.91. The van der Waals surface area contributed by atoms with Gasteiger partial charge in [0.25, 0.3) is 0 Å². The van der Waals surface area contributed by atoms with Gasteiger partial charge in [0, 0.05) is 18.2 Å². The molecule has 3 heteroatoms. The molecule has 3 unspecified atom stereocenters. The molecule has 0 radical (unpaired) electrons. The molecule has 3 nitrogen and oxygen atoms in total. The van der Waals surface area contributed by atoms with Gasteiger partial charge in [-0.2, -0.15) is 0 Å². The smallest absolute Gasteiger partial charge is 0.123 e. The predicted molar refractivity (Wildman–Crippen MR) is 77.7 cm³/mol. The third-order valence-corrected chi connectivity index (χ3v) is 4.51. The zero-order chi connectivity index (χ0) is 13.8. The molecule has 0 saturated heterocycles. The van der Waals surface area contributed by atoms with Crippen molar-refractivity contribution in [3.8, 4) is 11.5 Å². The summed E-state index contributed by atoms with van der Waals surface area (Å²) in [5.74, 6) is 3.37. The van der Waals surface area contributed by atoms with Crippen LogP contribution in [-0.4, -0.2) is 20.3 Å². The molecule has 1 saturated carbocycles. The van der Waals surface area contributed by atoms with Crippen molar-refractivity contribution in [1.29, 1.82) is 0 Å². The highest BCUT2D eigenvalue weighted by atomic mass is 16.5. The van der Waals surface area contributed by atoms with Crippen LogP contribution in [0.4, 0.5) is 0 Å². The van der Waals surface area contributed by atoms with E-state index in [1.165, 1.54) is 12.8 Å². The van der Waals surface area contributed by atoms with Crippen LogP contribution in [0, 0.1) is 11.8 Å². The van der Waals surface area contributed by atoms with Gasteiger partial charge < -0.3 is 14.8 Å². The van der Waals surface area contributed by atoms with Crippen molar-refractivity contribution in [2.75, 3.05) is 14.2 Å². The Morgan fingerprint density at radius 3 is 2.53 bits per heavy atom. The number of hydrogen-bond donors (Lipinski definition) is 1. The van der Waals surface area contributed by atoms with Crippen molar-refractivity contribution in [2.24, 2.45) is 11.8 Å². The van der Waals surface area contributed by atoms with Crippen molar-refractivity contribution in [2.45, 2.75) is 39.3 Å². The first-order chi connectivity index (χ1) is 9.15. The predicted octanol–water partition coefficient (Wildman–Crippen LogP) is 3.23. The fraction of sp³-hybridized carbons (Fsp3) is 0.625. The molecule has 0 bridgehead atoms. The maximum Gasteiger partial charge on any atom is 0.123 e. The van der Waals surface area contributed by atoms with Crippen molar-refractivity contribution in [1.82, 2.24) is 5.32 Å². The van der Waals surface area contributed by atoms with E-state index < -0.39 is 0 Å². The van der Waals surface area contributed by atoms with E-state index >= 15 is 0 Å². The SMILES string of the molecule is COc1ccc(OC)c(CNC2CCC(C)C2C)c1. The molecule has 0 spiro atoms. The highest BCUT2D eigenvalue weighted by Crippen LogP contribution is 2.32. The molecule has 0 aliphatic heterocycles. The summed E-state index contributed by atoms with van der Waals surface area (Å²) in [6, 6.07) is 6.57. The Hall–Kier alpha value is -1.22. The van der Waals surface area contributed by atoms with Gasteiger partial charge in [0.05, 0.1) is 14.2 Å². The largest absolute Gasteiger partial charge is 0.497 e. The van der Waals surface area contributed by atoms with Gasteiger partial charge in [-0.05, 0) is 42.9 Å². The Bertz CT molecular complexity index is 419. The zero-order valence-corrected chi connectivity index (χ0v) is 12.4. The lowest BCUT2D eigenvalue weighted by atomic mass is 9.97. The highest BCUT2D eigenvalue weighted by Gasteiger charge is 2.29. The monoisotopic (exact) mass is 263 g/mol. The molecule has 3 atom stereocenters. The van der Waals surface area contributed by atoms with Gasteiger partial charge in [0.2, 0.25) is 0 Å². The first kappa shape index (κ1) is 14.2. The molecular weight excluding hydrogens is 238 g/mol. The van der Waals surface area contributed by atoms with Crippen LogP contribution in [0.15, 0.2) is 18.2 Å². The lowest BCUT2D eigenvalue weighted by Crippen LogP contribution is -2.32. The standard InChI is InChI=1S/C16H25NO2/c1-11-5-7-15(12(11)2)17-10-13-9-14(18-3)6-8-16(13)19-4/h6,8-9,11-12,15,17H,5,7,10H2,1-4H3. The van der Waals surface area contributed by atoms with E-state index in [9.17, 15) is 0 Å². The molecular formula is C16H25NO2. The van der Waals surface area contributed by atoms with E-state index in [0.29, 0.717) is 6.04 Å². The van der Waals surface area contributed by atoms with Crippen LogP contribution >= 0.6 is 0 Å². The minimum Gasteiger partial charge on any atom is -0.497 e. The van der Waals surface area contributed by atoms with Gasteiger partial charge in [-0.15, -0.1) is 0 Å². The van der Waals surface area contributed by atoms with Crippen LogP contribution in [0.25, 0.3) is 0 Å². The summed E-state index contributed by atoms with van der Waals surface area (Å²) in [5, 5.41) is 3.67. The van der Waals surface area contributed by atoms with Crippen LogP contribution < -0.4 is 14.8 Å². The Kier molecular flexibility index (Phi) is 4.70. The second-order valence-electron chi connectivity index (χ2n) is 5.58. The zero-order valence-electron chi connectivity index (χ0n) is 12.4. The minimum absolute atomic E-state index is 0.617. The number of ether oxygens (including phenoxy) is 2. The van der Waals surface area contributed by atoms with Crippen molar-refractivity contribution >= 4 is 0 Å². The lowest BCUT2D eigenvalue weighted by Gasteiger charge is -2.20. The third kappa shape index (κ3) is 3.21. The van der Waals surface area contributed by atoms with E-state index in [2.05, 4.69) is 25.2 Å². The second-order valence-corrected chi connectivity index (χ2v) is 5.58. The summed E-state index contributed by atoms with van der Waals surface area (Å²) in [6.07, 6.45) is 2.60. The lowest BCUT2D eigenvalue weighted by molar-refractivity contribution is 0.362. The molecule has 1 aromatic rings. The van der Waals surface area contributed by atoms with Crippen LogP contribution in [0.1, 0.15) is 32.3 Å². The van der Waals surface area contributed by atoms with Crippen LogP contribution in [-0.2, 0) is 6.54 Å². The summed E-state index contributed by atoms with van der Waals surface area (Å²) in [5.41, 5.74) is 1.16. The molecule has 106 valence electrons. The summed E-state index contributed by atoms with van der Waals surface area (Å²) in [4.78, 5) is 0. The van der Waals surface area contributed by atoms with E-state index in [4.69, 9.17) is 9.47 Å². The van der Waals surface area contributed by atoms with Gasteiger partial charge in [-0.3, -0.25) is 0 Å². The number of benzene rings is 1. The van der Waals surface area contributed by atoms with Gasteiger partial charge >= 0.3 is 0 Å². The topological polar surface area (TPSA) is 30.5 Å². The molecule has 1 N–H and O–H groups in total. The van der Waals surface area contributed by atoms with Crippen molar-refractivity contribution in [3.63, 3.8) is 0 Å². The minimum atomic E-state index is 0.617. The van der Waals surface area contributed by atoms with Gasteiger partial charge in [0.1, 0.15) is 11.5 Å². The first-order valence-electron chi connectivity index (χ1n) is 7.10. The number of nitrogens with one attached hydrogen (secondary N) is 1. The average molecular weight is 263 g/mol. The second kappa shape index (κ2) is 6.29. The van der Waals surface area contributed by atoms with E-state index in [1.54, 1.807) is 14.2 Å². The maximum absolute atomic E-state index is 5.41. The Labute approximate surface area is 116 Å². The normalized spacial score (nSPS) is 26.4. The van der Waals surface area contributed by atoms with Gasteiger partial charge in [-0.1, -0.05) is 13.8 Å². The fourth-order valence-electron chi connectivity index (χ4n) is 2.91. The van der Waals surface area contributed by atoms with Gasteiger partial charge in [-0.25, -0.2) is 0 Å². The Morgan fingerprint density at radius 2 is 1.95 bits per heavy atom. The first-order valence-corrected chi connectivity index (χ1v) is 7.10. The Balaban J connectivity index is 2.02. The summed E-state index contributed by atoms with van der Waals surface area (Å²) < 4.78 is 10.7. The van der Waals surface area contributed by atoms with E-state index in [0.717, 1.165) is 35.4 Å². The average Bonchev–Trinajstić information content (AvgIpc) is 2.76. The molecule has 2 rings (SSSR count). The van der Waals surface area contributed by atoms with E-state index in [-0.39, 0.29) is 0 Å². The number of rotatable bonds is 5. The van der Waals surface area contributed by atoms with Crippen molar-refractivity contribution in [3.05, 3.63) is 23.8 Å². The summed E-state index contributed by atoms with van der Waals surface area (Å²) >= 11 is 0. The summed E-state index contributed by atoms with van der Waals surface area (Å²) in [7, 11) is 3.41. The molecule has 0 amide bonds.